The van der Waals surface area contributed by atoms with Crippen LogP contribution in [0.15, 0.2) is 33.9 Å². The fraction of sp³-hybridized carbons (Fsp3) is 0.364. The maximum Gasteiger partial charge on any atom is 0.333 e. The highest BCUT2D eigenvalue weighted by Gasteiger charge is 2.26. The normalized spacial score (nSPS) is 14.6. The number of nitrogens with one attached hydrogen (secondary N) is 1. The van der Waals surface area contributed by atoms with Gasteiger partial charge in [-0.15, -0.1) is 22.9 Å². The third-order valence-corrected chi connectivity index (χ3v) is 7.43. The molecule has 1 aliphatic carbocycles. The van der Waals surface area contributed by atoms with E-state index < -0.39 is 11.2 Å². The molecule has 31 heavy (non-hydrogen) atoms. The first-order valence-electron chi connectivity index (χ1n) is 10.2. The van der Waals surface area contributed by atoms with Crippen molar-refractivity contribution in [3.05, 3.63) is 60.4 Å². The second kappa shape index (κ2) is 8.80. The summed E-state index contributed by atoms with van der Waals surface area (Å²) in [7, 11) is 1.80. The van der Waals surface area contributed by atoms with E-state index in [2.05, 4.69) is 4.98 Å². The minimum atomic E-state index is -0.649. The molecule has 0 bridgehead atoms. The van der Waals surface area contributed by atoms with Gasteiger partial charge < -0.3 is 9.88 Å². The molecule has 4 rings (SSSR count). The smallest absolute Gasteiger partial charge is 0.333 e. The molecule has 2 aromatic heterocycles. The zero-order chi connectivity index (χ0) is 22.1. The summed E-state index contributed by atoms with van der Waals surface area (Å²) in [6.07, 6.45) is 5.92. The molecule has 0 spiro atoms. The molecule has 0 aliphatic heterocycles. The van der Waals surface area contributed by atoms with Crippen molar-refractivity contribution >= 4 is 46.0 Å². The molecule has 0 saturated heterocycles. The summed E-state index contributed by atoms with van der Waals surface area (Å²) < 4.78 is 0.959. The highest BCUT2D eigenvalue weighted by molar-refractivity contribution is 7.14. The summed E-state index contributed by atoms with van der Waals surface area (Å²) >= 11 is 7.29. The lowest BCUT2D eigenvalue weighted by molar-refractivity contribution is 0.0701. The number of aromatic nitrogens is 2. The lowest BCUT2D eigenvalue weighted by Gasteiger charge is -2.30. The van der Waals surface area contributed by atoms with Crippen LogP contribution in [0.25, 0.3) is 16.6 Å². The van der Waals surface area contributed by atoms with E-state index in [0.717, 1.165) is 30.3 Å². The Morgan fingerprint density at radius 3 is 2.71 bits per heavy atom. The van der Waals surface area contributed by atoms with E-state index in [-0.39, 0.29) is 40.0 Å². The Morgan fingerprint density at radius 1 is 1.29 bits per heavy atom. The van der Waals surface area contributed by atoms with Crippen LogP contribution in [-0.4, -0.2) is 39.7 Å². The van der Waals surface area contributed by atoms with Crippen molar-refractivity contribution < 1.29 is 9.59 Å². The Morgan fingerprint density at radius 2 is 2.03 bits per heavy atom. The number of carbonyl (C=O) groups excluding carboxylic acids is 2. The minimum Gasteiger partial charge on any atom is -0.338 e. The number of hydrogen-bond acceptors (Lipinski definition) is 5. The predicted octanol–water partition coefficient (Wildman–Crippen LogP) is 3.70. The van der Waals surface area contributed by atoms with Crippen molar-refractivity contribution in [3.8, 4) is 5.69 Å². The number of halogens is 1. The first-order chi connectivity index (χ1) is 15.0. The Balaban J connectivity index is 1.82. The number of alkyl halides is 1. The van der Waals surface area contributed by atoms with Gasteiger partial charge in [0.15, 0.2) is 6.29 Å². The van der Waals surface area contributed by atoms with Crippen LogP contribution >= 0.6 is 22.9 Å². The molecule has 1 fully saturated rings. The number of aromatic amines is 1. The molecule has 1 aliphatic rings. The van der Waals surface area contributed by atoms with Gasteiger partial charge in [0.05, 0.1) is 27.3 Å². The van der Waals surface area contributed by atoms with E-state index in [4.69, 9.17) is 11.6 Å². The summed E-state index contributed by atoms with van der Waals surface area (Å²) in [6, 6.07) is 6.42. The summed E-state index contributed by atoms with van der Waals surface area (Å²) in [4.78, 5) is 55.9. The fourth-order valence-corrected chi connectivity index (χ4v) is 5.50. The van der Waals surface area contributed by atoms with Crippen LogP contribution in [0, 0.1) is 0 Å². The number of thiophene rings is 1. The zero-order valence-electron chi connectivity index (χ0n) is 17.0. The van der Waals surface area contributed by atoms with Gasteiger partial charge in [0, 0.05) is 23.5 Å². The Hall–Kier alpha value is -2.71. The van der Waals surface area contributed by atoms with Gasteiger partial charge in [-0.2, -0.15) is 0 Å². The van der Waals surface area contributed by atoms with Crippen molar-refractivity contribution in [3.63, 3.8) is 0 Å². The Labute approximate surface area is 187 Å². The third kappa shape index (κ3) is 3.85. The highest BCUT2D eigenvalue weighted by atomic mass is 35.5. The number of carbonyl (C=O) groups is 2. The van der Waals surface area contributed by atoms with Crippen LogP contribution in [0.3, 0.4) is 0 Å². The average molecular weight is 460 g/mol. The van der Waals surface area contributed by atoms with Crippen LogP contribution in [0.2, 0.25) is 0 Å². The van der Waals surface area contributed by atoms with Crippen molar-refractivity contribution in [1.29, 1.82) is 0 Å². The van der Waals surface area contributed by atoms with Gasteiger partial charge in [0.2, 0.25) is 0 Å². The Bertz CT molecular complexity index is 1270. The molecule has 0 radical (unpaired) electrons. The number of hydrogen-bond donors (Lipinski definition) is 1. The molecule has 1 N–H and O–H groups in total. The number of nitrogens with zero attached hydrogens (tertiary/aromatic N) is 2. The van der Waals surface area contributed by atoms with E-state index in [1.54, 1.807) is 30.1 Å². The number of aldehydes is 1. The van der Waals surface area contributed by atoms with Gasteiger partial charge >= 0.3 is 5.69 Å². The number of fused-ring (bicyclic) bond motifs is 1. The molecular weight excluding hydrogens is 438 g/mol. The first-order valence-corrected chi connectivity index (χ1v) is 11.5. The summed E-state index contributed by atoms with van der Waals surface area (Å²) in [5, 5.41) is 0.121. The van der Waals surface area contributed by atoms with Crippen LogP contribution in [-0.2, 0) is 5.88 Å². The average Bonchev–Trinajstić information content (AvgIpc) is 3.22. The molecule has 7 nitrogen and oxygen atoms in total. The predicted molar refractivity (Wildman–Crippen MR) is 122 cm³/mol. The maximum atomic E-state index is 13.2. The lowest BCUT2D eigenvalue weighted by atomic mass is 9.94. The molecule has 0 atom stereocenters. The largest absolute Gasteiger partial charge is 0.338 e. The van der Waals surface area contributed by atoms with Crippen LogP contribution in [0.4, 0.5) is 0 Å². The van der Waals surface area contributed by atoms with Crippen molar-refractivity contribution in [2.24, 2.45) is 0 Å². The Kier molecular flexibility index (Phi) is 6.11. The van der Waals surface area contributed by atoms with Gasteiger partial charge in [-0.25, -0.2) is 9.36 Å². The standard InChI is InChI=1S/C22H22ClN3O4S/c1-25(14-7-3-2-4-8-14)20(28)17-10-16(18(11-23)31-17)26-21(29)19-13(12-27)6-5-9-15(19)24-22(26)30/h5-6,9-10,12,14H,2-4,7-8,11H2,1H3,(H,24,30). The van der Waals surface area contributed by atoms with Crippen molar-refractivity contribution in [2.45, 2.75) is 44.0 Å². The van der Waals surface area contributed by atoms with E-state index in [0.29, 0.717) is 16.0 Å². The van der Waals surface area contributed by atoms with Gasteiger partial charge in [-0.05, 0) is 25.0 Å². The summed E-state index contributed by atoms with van der Waals surface area (Å²) in [6.45, 7) is 0. The summed E-state index contributed by atoms with van der Waals surface area (Å²) in [5.74, 6) is -0.104. The van der Waals surface area contributed by atoms with E-state index in [9.17, 15) is 19.2 Å². The van der Waals surface area contributed by atoms with Crippen molar-refractivity contribution in [2.75, 3.05) is 7.05 Å². The number of benzene rings is 1. The molecule has 1 saturated carbocycles. The molecule has 2 heterocycles. The molecule has 162 valence electrons. The van der Waals surface area contributed by atoms with Crippen LogP contribution in [0.5, 0.6) is 0 Å². The first kappa shape index (κ1) is 21.5. The van der Waals surface area contributed by atoms with Crippen LogP contribution < -0.4 is 11.2 Å². The highest BCUT2D eigenvalue weighted by Crippen LogP contribution is 2.29. The van der Waals surface area contributed by atoms with Gasteiger partial charge in [0.1, 0.15) is 0 Å². The number of amides is 1. The number of rotatable bonds is 5. The fourth-order valence-electron chi connectivity index (χ4n) is 4.22. The lowest BCUT2D eigenvalue weighted by Crippen LogP contribution is -2.38. The van der Waals surface area contributed by atoms with Crippen molar-refractivity contribution in [1.82, 2.24) is 14.5 Å². The third-order valence-electron chi connectivity index (χ3n) is 5.89. The molecule has 0 unspecified atom stereocenters. The molecule has 9 heteroatoms. The second-order valence-corrected chi connectivity index (χ2v) is 9.12. The van der Waals surface area contributed by atoms with Gasteiger partial charge in [0.25, 0.3) is 11.5 Å². The summed E-state index contributed by atoms with van der Waals surface area (Å²) in [5.41, 5.74) is -0.529. The monoisotopic (exact) mass is 459 g/mol. The topological polar surface area (TPSA) is 92.2 Å². The molecule has 1 aromatic carbocycles. The molecule has 3 aromatic rings. The van der Waals surface area contributed by atoms with Crippen LogP contribution in [0.1, 0.15) is 57.0 Å². The maximum absolute atomic E-state index is 13.2. The zero-order valence-corrected chi connectivity index (χ0v) is 18.6. The van der Waals surface area contributed by atoms with Gasteiger partial charge in [-0.3, -0.25) is 14.4 Å². The molecule has 1 amide bonds. The quantitative estimate of drug-likeness (QED) is 0.465. The molecular formula is C22H22ClN3O4S. The second-order valence-electron chi connectivity index (χ2n) is 7.72. The minimum absolute atomic E-state index is 0.0413. The van der Waals surface area contributed by atoms with E-state index in [1.165, 1.54) is 23.8 Å². The van der Waals surface area contributed by atoms with E-state index >= 15 is 0 Å². The SMILES string of the molecule is CN(C(=O)c1cc(-n2c(=O)[nH]c3cccc(C=O)c3c2=O)c(CCl)s1)C1CCCCC1. The van der Waals surface area contributed by atoms with Gasteiger partial charge in [-0.1, -0.05) is 31.4 Å². The van der Waals surface area contributed by atoms with E-state index in [1.807, 2.05) is 0 Å². The number of H-pyrrole nitrogens is 1.